The van der Waals surface area contributed by atoms with E-state index in [2.05, 4.69) is 4.90 Å². The van der Waals surface area contributed by atoms with Crippen LogP contribution in [0.3, 0.4) is 0 Å². The van der Waals surface area contributed by atoms with Gasteiger partial charge in [-0.15, -0.1) is 0 Å². The second kappa shape index (κ2) is 5.76. The first-order valence-electron chi connectivity index (χ1n) is 8.90. The summed E-state index contributed by atoms with van der Waals surface area (Å²) in [5.41, 5.74) is -0.497. The Bertz CT molecular complexity index is 577. The molecule has 0 aromatic heterocycles. The molecule has 4 rings (SSSR count). The molecule has 23 heavy (non-hydrogen) atoms. The average molecular weight is 317 g/mol. The summed E-state index contributed by atoms with van der Waals surface area (Å²) in [6.45, 7) is 1.40. The van der Waals surface area contributed by atoms with Crippen LogP contribution in [0.1, 0.15) is 37.7 Å². The van der Waals surface area contributed by atoms with Crippen LogP contribution in [0, 0.1) is 11.8 Å². The molecule has 1 saturated heterocycles. The molecule has 2 aliphatic carbocycles. The smallest absolute Gasteiger partial charge is 0.125 e. The number of hydrogen-bond acceptors (Lipinski definition) is 4. The van der Waals surface area contributed by atoms with Crippen molar-refractivity contribution in [1.82, 2.24) is 4.90 Å². The van der Waals surface area contributed by atoms with Crippen LogP contribution >= 0.6 is 0 Å². The summed E-state index contributed by atoms with van der Waals surface area (Å²) in [6, 6.07) is 8.12. The quantitative estimate of drug-likeness (QED) is 0.897. The van der Waals surface area contributed by atoms with Crippen LogP contribution in [0.5, 0.6) is 5.75 Å². The minimum atomic E-state index is -1.21. The molecule has 3 aliphatic rings. The van der Waals surface area contributed by atoms with Crippen molar-refractivity contribution in [2.24, 2.45) is 11.8 Å². The minimum Gasteiger partial charge on any atom is -0.496 e. The Labute approximate surface area is 138 Å². The summed E-state index contributed by atoms with van der Waals surface area (Å²) in [7, 11) is 1.61. The van der Waals surface area contributed by atoms with Crippen molar-refractivity contribution in [3.8, 4) is 5.75 Å². The van der Waals surface area contributed by atoms with E-state index in [1.54, 1.807) is 7.11 Å². The number of benzene rings is 1. The fourth-order valence-electron chi connectivity index (χ4n) is 5.22. The summed E-state index contributed by atoms with van der Waals surface area (Å²) >= 11 is 0. The van der Waals surface area contributed by atoms with Crippen LogP contribution in [0.4, 0.5) is 0 Å². The van der Waals surface area contributed by atoms with Crippen molar-refractivity contribution in [3.05, 3.63) is 29.8 Å². The Hall–Kier alpha value is -1.10. The van der Waals surface area contributed by atoms with Gasteiger partial charge < -0.3 is 14.9 Å². The highest BCUT2D eigenvalue weighted by Crippen LogP contribution is 2.48. The van der Waals surface area contributed by atoms with Crippen LogP contribution in [0.15, 0.2) is 24.3 Å². The Morgan fingerprint density at radius 2 is 2.04 bits per heavy atom. The van der Waals surface area contributed by atoms with Crippen molar-refractivity contribution in [1.29, 1.82) is 0 Å². The zero-order valence-corrected chi connectivity index (χ0v) is 13.8. The Balaban J connectivity index is 1.52. The van der Waals surface area contributed by atoms with E-state index in [1.165, 1.54) is 25.7 Å². The van der Waals surface area contributed by atoms with E-state index in [0.717, 1.165) is 18.4 Å². The summed E-state index contributed by atoms with van der Waals surface area (Å²) in [5, 5.41) is 21.9. The molecule has 2 N–H and O–H groups in total. The second-order valence-corrected chi connectivity index (χ2v) is 7.63. The van der Waals surface area contributed by atoms with Crippen molar-refractivity contribution in [2.75, 3.05) is 20.2 Å². The highest BCUT2D eigenvalue weighted by molar-refractivity contribution is 5.39. The molecule has 126 valence electrons. The molecule has 5 atom stereocenters. The number of piperidine rings is 1. The van der Waals surface area contributed by atoms with Gasteiger partial charge in [0.05, 0.1) is 13.2 Å². The Morgan fingerprint density at radius 1 is 1.22 bits per heavy atom. The standard InChI is InChI=1S/C19H27NO3/c1-23-17-5-3-2-4-15(17)19(22)8-9-20(12-18(19)21)16-11-13-6-7-14(16)10-13/h2-5,13-14,16,18,21-22H,6-12H2,1H3/t13-,14-,16-,18?,19?/m0/s1. The number of aliphatic hydroxyl groups excluding tert-OH is 1. The normalized spacial score (nSPS) is 40.5. The van der Waals surface area contributed by atoms with Gasteiger partial charge in [0, 0.05) is 24.7 Å². The van der Waals surface area contributed by atoms with Gasteiger partial charge in [-0.25, -0.2) is 0 Å². The monoisotopic (exact) mass is 317 g/mol. The molecule has 3 fully saturated rings. The highest BCUT2D eigenvalue weighted by Gasteiger charge is 2.48. The van der Waals surface area contributed by atoms with Gasteiger partial charge in [-0.2, -0.15) is 0 Å². The molecule has 1 aromatic carbocycles. The fraction of sp³-hybridized carbons (Fsp3) is 0.684. The first kappa shape index (κ1) is 15.4. The number of fused-ring (bicyclic) bond motifs is 2. The Kier molecular flexibility index (Phi) is 3.87. The van der Waals surface area contributed by atoms with Crippen molar-refractivity contribution < 1.29 is 14.9 Å². The maximum atomic E-state index is 11.2. The van der Waals surface area contributed by atoms with Crippen LogP contribution in [-0.4, -0.2) is 47.5 Å². The molecular weight excluding hydrogens is 290 g/mol. The van der Waals surface area contributed by atoms with E-state index in [1.807, 2.05) is 24.3 Å². The van der Waals surface area contributed by atoms with Crippen LogP contribution in [0.25, 0.3) is 0 Å². The van der Waals surface area contributed by atoms with Gasteiger partial charge in [-0.3, -0.25) is 4.90 Å². The zero-order valence-electron chi connectivity index (χ0n) is 13.8. The van der Waals surface area contributed by atoms with Gasteiger partial charge in [-0.1, -0.05) is 24.6 Å². The second-order valence-electron chi connectivity index (χ2n) is 7.63. The summed E-state index contributed by atoms with van der Waals surface area (Å²) in [5.74, 6) is 2.37. The molecule has 1 aromatic rings. The Morgan fingerprint density at radius 3 is 2.70 bits per heavy atom. The maximum Gasteiger partial charge on any atom is 0.125 e. The first-order chi connectivity index (χ1) is 11.1. The van der Waals surface area contributed by atoms with Gasteiger partial charge in [-0.05, 0) is 43.6 Å². The predicted molar refractivity (Wildman–Crippen MR) is 88.3 cm³/mol. The third-order valence-electron chi connectivity index (χ3n) is 6.48. The molecule has 2 saturated carbocycles. The largest absolute Gasteiger partial charge is 0.496 e. The van der Waals surface area contributed by atoms with Gasteiger partial charge in [0.1, 0.15) is 11.4 Å². The molecule has 0 amide bonds. The average Bonchev–Trinajstić information content (AvgIpc) is 3.20. The fourth-order valence-corrected chi connectivity index (χ4v) is 5.22. The number of methoxy groups -OCH3 is 1. The number of para-hydroxylation sites is 1. The number of likely N-dealkylation sites (tertiary alicyclic amines) is 1. The van der Waals surface area contributed by atoms with Gasteiger partial charge in [0.15, 0.2) is 0 Å². The third-order valence-corrected chi connectivity index (χ3v) is 6.48. The zero-order chi connectivity index (χ0) is 16.0. The van der Waals surface area contributed by atoms with Gasteiger partial charge in [0.25, 0.3) is 0 Å². The van der Waals surface area contributed by atoms with E-state index in [4.69, 9.17) is 4.74 Å². The lowest BCUT2D eigenvalue weighted by molar-refractivity contribution is -0.134. The number of ether oxygens (including phenoxy) is 1. The molecule has 0 radical (unpaired) electrons. The summed E-state index contributed by atoms with van der Waals surface area (Å²) < 4.78 is 5.39. The van der Waals surface area contributed by atoms with E-state index < -0.39 is 11.7 Å². The predicted octanol–water partition coefficient (Wildman–Crippen LogP) is 2.14. The third kappa shape index (κ3) is 2.48. The van der Waals surface area contributed by atoms with E-state index in [9.17, 15) is 10.2 Å². The number of rotatable bonds is 3. The lowest BCUT2D eigenvalue weighted by Crippen LogP contribution is -2.56. The molecule has 4 nitrogen and oxygen atoms in total. The van der Waals surface area contributed by atoms with E-state index in [-0.39, 0.29) is 0 Å². The first-order valence-corrected chi connectivity index (χ1v) is 8.90. The van der Waals surface area contributed by atoms with Crippen LogP contribution < -0.4 is 4.74 Å². The number of nitrogens with zero attached hydrogens (tertiary/aromatic N) is 1. The maximum absolute atomic E-state index is 11.2. The summed E-state index contributed by atoms with van der Waals surface area (Å²) in [4.78, 5) is 2.43. The molecule has 2 unspecified atom stereocenters. The number of hydrogen-bond donors (Lipinski definition) is 2. The van der Waals surface area contributed by atoms with Crippen molar-refractivity contribution >= 4 is 0 Å². The molecule has 4 heteroatoms. The molecule has 1 aliphatic heterocycles. The van der Waals surface area contributed by atoms with E-state index in [0.29, 0.717) is 30.3 Å². The number of aliphatic hydroxyl groups is 2. The van der Waals surface area contributed by atoms with Gasteiger partial charge in [0.2, 0.25) is 0 Å². The molecule has 1 heterocycles. The number of β-amino-alcohol motifs (C(OH)–C–C–N with tert-alkyl or cyclic N) is 1. The van der Waals surface area contributed by atoms with Crippen LogP contribution in [-0.2, 0) is 5.60 Å². The molecular formula is C19H27NO3. The minimum absolute atomic E-state index is 0.558. The highest BCUT2D eigenvalue weighted by atomic mass is 16.5. The summed E-state index contributed by atoms with van der Waals surface area (Å²) in [6.07, 6.45) is 5.18. The topological polar surface area (TPSA) is 52.9 Å². The lowest BCUT2D eigenvalue weighted by atomic mass is 9.80. The molecule has 0 spiro atoms. The molecule has 2 bridgehead atoms. The van der Waals surface area contributed by atoms with E-state index >= 15 is 0 Å². The van der Waals surface area contributed by atoms with Crippen molar-refractivity contribution in [3.63, 3.8) is 0 Å². The van der Waals surface area contributed by atoms with Crippen molar-refractivity contribution in [2.45, 2.75) is 49.9 Å². The van der Waals surface area contributed by atoms with Crippen LogP contribution in [0.2, 0.25) is 0 Å². The SMILES string of the molecule is COc1ccccc1C1(O)CCN([C@H]2C[C@H]3CC[C@H]2C3)CC1O. The lowest BCUT2D eigenvalue weighted by Gasteiger charge is -2.46. The van der Waals surface area contributed by atoms with Gasteiger partial charge >= 0.3 is 0 Å².